The summed E-state index contributed by atoms with van der Waals surface area (Å²) < 4.78 is 68.6. The lowest BCUT2D eigenvalue weighted by molar-refractivity contribution is -0.154. The summed E-state index contributed by atoms with van der Waals surface area (Å²) in [6.07, 6.45) is -3.81. The molecule has 11 heteroatoms. The molecule has 3 rings (SSSR count). The zero-order valence-electron chi connectivity index (χ0n) is 13.3. The van der Waals surface area contributed by atoms with Crippen LogP contribution in [-0.4, -0.2) is 43.5 Å². The highest BCUT2D eigenvalue weighted by Gasteiger charge is 2.28. The van der Waals surface area contributed by atoms with Gasteiger partial charge in [-0.05, 0) is 25.1 Å². The molecule has 138 valence electrons. The van der Waals surface area contributed by atoms with Crippen LogP contribution in [0.5, 0.6) is 5.88 Å². The van der Waals surface area contributed by atoms with Crippen molar-refractivity contribution in [2.45, 2.75) is 25.4 Å². The van der Waals surface area contributed by atoms with E-state index >= 15 is 0 Å². The van der Waals surface area contributed by atoms with Crippen LogP contribution in [0.15, 0.2) is 30.5 Å². The van der Waals surface area contributed by atoms with Crippen molar-refractivity contribution in [1.82, 2.24) is 24.8 Å². The summed E-state index contributed by atoms with van der Waals surface area (Å²) in [5.41, 5.74) is 1.13. The molecule has 0 radical (unpaired) electrons. The van der Waals surface area contributed by atoms with Crippen LogP contribution in [0.3, 0.4) is 0 Å². The van der Waals surface area contributed by atoms with E-state index in [-0.39, 0.29) is 11.7 Å². The van der Waals surface area contributed by atoms with E-state index in [2.05, 4.69) is 25.0 Å². The van der Waals surface area contributed by atoms with Gasteiger partial charge in [-0.15, -0.1) is 10.2 Å². The maximum Gasteiger partial charge on any atom is 0.422 e. The van der Waals surface area contributed by atoms with E-state index in [4.69, 9.17) is 0 Å². The quantitative estimate of drug-likeness (QED) is 0.642. The summed E-state index contributed by atoms with van der Waals surface area (Å²) >= 11 is 0. The fraction of sp³-hybridized carbons (Fsp3) is 0.333. The lowest BCUT2D eigenvalue weighted by Crippen LogP contribution is -2.19. The fourth-order valence-electron chi connectivity index (χ4n) is 2.15. The van der Waals surface area contributed by atoms with Crippen molar-refractivity contribution in [3.63, 3.8) is 0 Å². The van der Waals surface area contributed by atoms with Crippen LogP contribution >= 0.6 is 0 Å². The van der Waals surface area contributed by atoms with Gasteiger partial charge in [0, 0.05) is 17.8 Å². The summed E-state index contributed by atoms with van der Waals surface area (Å²) in [6.45, 7) is -0.680. The molecule has 0 aliphatic carbocycles. The molecule has 3 aromatic heterocycles. The number of aromatic nitrogens is 5. The lowest BCUT2D eigenvalue weighted by Gasteiger charge is -2.09. The van der Waals surface area contributed by atoms with Gasteiger partial charge in [0.05, 0.1) is 12.1 Å². The maximum atomic E-state index is 13.2. The molecule has 0 saturated carbocycles. The zero-order chi connectivity index (χ0) is 18.9. The molecule has 0 atom stereocenters. The minimum atomic E-state index is -4.46. The van der Waals surface area contributed by atoms with Gasteiger partial charge >= 0.3 is 6.18 Å². The van der Waals surface area contributed by atoms with E-state index in [0.29, 0.717) is 16.9 Å². The van der Waals surface area contributed by atoms with Crippen molar-refractivity contribution in [3.8, 4) is 17.1 Å². The number of fused-ring (bicyclic) bond motifs is 1. The third kappa shape index (κ3) is 4.41. The molecule has 0 saturated heterocycles. The zero-order valence-corrected chi connectivity index (χ0v) is 13.3. The molecule has 3 heterocycles. The van der Waals surface area contributed by atoms with Gasteiger partial charge in [-0.1, -0.05) is 0 Å². The number of hydrogen-bond acceptors (Lipinski definition) is 5. The maximum absolute atomic E-state index is 13.2. The number of hydrogen-bond donors (Lipinski definition) is 0. The highest BCUT2D eigenvalue weighted by molar-refractivity contribution is 5.59. The largest absolute Gasteiger partial charge is 0.468 e. The minimum absolute atomic E-state index is 0.00700. The highest BCUT2D eigenvalue weighted by Crippen LogP contribution is 2.22. The normalized spacial score (nSPS) is 12.5. The van der Waals surface area contributed by atoms with E-state index < -0.39 is 25.1 Å². The third-order valence-corrected chi connectivity index (χ3v) is 3.21. The smallest absolute Gasteiger partial charge is 0.422 e. The van der Waals surface area contributed by atoms with Crippen LogP contribution < -0.4 is 4.74 Å². The summed E-state index contributed by atoms with van der Waals surface area (Å²) in [5, 5.41) is 11.7. The molecule has 0 N–H and O–H groups in total. The van der Waals surface area contributed by atoms with E-state index in [0.717, 1.165) is 6.92 Å². The van der Waals surface area contributed by atoms with Gasteiger partial charge in [-0.2, -0.15) is 22.8 Å². The van der Waals surface area contributed by atoms with Crippen molar-refractivity contribution in [2.24, 2.45) is 0 Å². The van der Waals surface area contributed by atoms with Crippen molar-refractivity contribution in [3.05, 3.63) is 36.3 Å². The molecule has 0 aromatic carbocycles. The van der Waals surface area contributed by atoms with E-state index in [1.807, 2.05) is 0 Å². The van der Waals surface area contributed by atoms with Gasteiger partial charge in [0.1, 0.15) is 0 Å². The molecular formula is C15H12F5N5O. The third-order valence-electron chi connectivity index (χ3n) is 3.21. The van der Waals surface area contributed by atoms with Crippen molar-refractivity contribution in [2.75, 3.05) is 6.61 Å². The summed E-state index contributed by atoms with van der Waals surface area (Å²) in [7, 11) is 0. The van der Waals surface area contributed by atoms with Crippen LogP contribution in [0.1, 0.15) is 12.7 Å². The number of nitrogens with zero attached hydrogens (tertiary/aromatic N) is 5. The fourth-order valence-corrected chi connectivity index (χ4v) is 2.15. The van der Waals surface area contributed by atoms with Gasteiger partial charge in [0.2, 0.25) is 5.88 Å². The monoisotopic (exact) mass is 373 g/mol. The number of rotatable bonds is 5. The van der Waals surface area contributed by atoms with Gasteiger partial charge in [0.25, 0.3) is 5.92 Å². The van der Waals surface area contributed by atoms with Crippen molar-refractivity contribution >= 4 is 5.65 Å². The van der Waals surface area contributed by atoms with Gasteiger partial charge in [-0.25, -0.2) is 13.8 Å². The summed E-state index contributed by atoms with van der Waals surface area (Å²) in [4.78, 5) is 3.78. The van der Waals surface area contributed by atoms with Crippen LogP contribution in [0.4, 0.5) is 22.0 Å². The predicted molar refractivity (Wildman–Crippen MR) is 79.9 cm³/mol. The topological polar surface area (TPSA) is 65.2 Å². The molecule has 26 heavy (non-hydrogen) atoms. The molecule has 0 spiro atoms. The Hall–Kier alpha value is -2.85. The molecule has 0 fully saturated rings. The van der Waals surface area contributed by atoms with Crippen molar-refractivity contribution in [1.29, 1.82) is 0 Å². The Balaban J connectivity index is 1.84. The van der Waals surface area contributed by atoms with Crippen LogP contribution in [-0.2, 0) is 6.42 Å². The number of ether oxygens (including phenoxy) is 1. The SMILES string of the molecule is CC(F)(F)Cc1nnc2ccc(-c3ccc(OCC(F)(F)F)nc3)nn12. The van der Waals surface area contributed by atoms with Gasteiger partial charge in [-0.3, -0.25) is 0 Å². The average molecular weight is 373 g/mol. The number of pyridine rings is 1. The summed E-state index contributed by atoms with van der Waals surface area (Å²) in [5.74, 6) is -3.17. The van der Waals surface area contributed by atoms with E-state index in [1.54, 1.807) is 12.1 Å². The standard InChI is InChI=1S/C15H12F5N5O/c1-14(16,17)6-12-23-22-11-4-3-10(24-25(11)12)9-2-5-13(21-7-9)26-8-15(18,19)20/h2-5,7H,6,8H2,1H3. The average Bonchev–Trinajstić information content (AvgIpc) is 2.93. The Morgan fingerprint density at radius 3 is 2.42 bits per heavy atom. The molecule has 6 nitrogen and oxygen atoms in total. The second-order valence-electron chi connectivity index (χ2n) is 5.64. The second kappa shape index (κ2) is 6.46. The highest BCUT2D eigenvalue weighted by atomic mass is 19.4. The minimum Gasteiger partial charge on any atom is -0.468 e. The van der Waals surface area contributed by atoms with Crippen molar-refractivity contribution < 1.29 is 26.7 Å². The Bertz CT molecular complexity index is 901. The second-order valence-corrected chi connectivity index (χ2v) is 5.64. The first-order chi connectivity index (χ1) is 12.1. The van der Waals surface area contributed by atoms with Gasteiger partial charge in [0.15, 0.2) is 18.1 Å². The van der Waals surface area contributed by atoms with Crippen LogP contribution in [0.2, 0.25) is 0 Å². The van der Waals surface area contributed by atoms with E-state index in [9.17, 15) is 22.0 Å². The van der Waals surface area contributed by atoms with E-state index in [1.165, 1.54) is 22.8 Å². The Morgan fingerprint density at radius 1 is 1.04 bits per heavy atom. The first kappa shape index (κ1) is 18.0. The van der Waals surface area contributed by atoms with Crippen LogP contribution in [0.25, 0.3) is 16.9 Å². The Kier molecular flexibility index (Phi) is 4.46. The Morgan fingerprint density at radius 2 is 1.81 bits per heavy atom. The molecule has 0 amide bonds. The molecule has 0 bridgehead atoms. The first-order valence-electron chi connectivity index (χ1n) is 7.36. The predicted octanol–water partition coefficient (Wildman–Crippen LogP) is 3.33. The molecule has 0 unspecified atom stereocenters. The number of alkyl halides is 5. The Labute approximate surface area is 143 Å². The molecular weight excluding hydrogens is 361 g/mol. The number of halogens is 5. The van der Waals surface area contributed by atoms with Crippen LogP contribution in [0, 0.1) is 0 Å². The van der Waals surface area contributed by atoms with Gasteiger partial charge < -0.3 is 4.74 Å². The summed E-state index contributed by atoms with van der Waals surface area (Å²) in [6, 6.07) is 5.84. The molecule has 0 aliphatic heterocycles. The molecule has 3 aromatic rings. The lowest BCUT2D eigenvalue weighted by atomic mass is 10.2. The molecule has 0 aliphatic rings. The first-order valence-corrected chi connectivity index (χ1v) is 7.36.